The summed E-state index contributed by atoms with van der Waals surface area (Å²) in [5.41, 5.74) is -1.28. The molecule has 2 fully saturated rings. The summed E-state index contributed by atoms with van der Waals surface area (Å²) in [7, 11) is 0. The Kier molecular flexibility index (Phi) is 6.64. The van der Waals surface area contributed by atoms with E-state index in [1.807, 2.05) is 4.90 Å². The lowest BCUT2D eigenvalue weighted by molar-refractivity contribution is -0.156. The largest absolute Gasteiger partial charge is 0.379 e. The normalized spacial score (nSPS) is 25.0. The van der Waals surface area contributed by atoms with E-state index in [2.05, 4.69) is 15.5 Å². The summed E-state index contributed by atoms with van der Waals surface area (Å²) < 4.78 is 4.94. The van der Waals surface area contributed by atoms with Crippen molar-refractivity contribution >= 4 is 5.91 Å². The molecule has 2 N–H and O–H groups in total. The minimum absolute atomic E-state index is 0.109. The predicted octanol–water partition coefficient (Wildman–Crippen LogP) is 1.83. The second kappa shape index (κ2) is 8.95. The van der Waals surface area contributed by atoms with Gasteiger partial charge in [-0.3, -0.25) is 4.79 Å². The van der Waals surface area contributed by atoms with E-state index in [1.165, 1.54) is 32.1 Å². The number of amides is 1. The maximum absolute atomic E-state index is 12.8. The maximum atomic E-state index is 12.8. The molecule has 0 unspecified atom stereocenters. The molecule has 1 aromatic heterocycles. The summed E-state index contributed by atoms with van der Waals surface area (Å²) in [4.78, 5) is 18.8. The lowest BCUT2D eigenvalue weighted by Gasteiger charge is -2.39. The minimum atomic E-state index is -1.28. The highest BCUT2D eigenvalue weighted by molar-refractivity contribution is 5.86. The van der Waals surface area contributed by atoms with Gasteiger partial charge in [-0.15, -0.1) is 0 Å². The zero-order valence-corrected chi connectivity index (χ0v) is 15.9. The summed E-state index contributed by atoms with van der Waals surface area (Å²) in [5.74, 6) is 1.84. The molecule has 2 heterocycles. The number of carbonyl (C=O) groups excluding carboxylic acids is 1. The van der Waals surface area contributed by atoms with Gasteiger partial charge in [-0.05, 0) is 25.2 Å². The molecule has 1 saturated heterocycles. The van der Waals surface area contributed by atoms with Gasteiger partial charge in [0.15, 0.2) is 11.4 Å². The maximum Gasteiger partial charge on any atom is 0.255 e. The van der Waals surface area contributed by atoms with E-state index in [1.54, 1.807) is 6.92 Å². The molecule has 1 amide bonds. The van der Waals surface area contributed by atoms with Gasteiger partial charge in [-0.2, -0.15) is 4.98 Å². The topological polar surface area (TPSA) is 91.5 Å². The van der Waals surface area contributed by atoms with Gasteiger partial charge in [0.2, 0.25) is 5.89 Å². The van der Waals surface area contributed by atoms with Crippen molar-refractivity contribution in [2.45, 2.75) is 70.3 Å². The van der Waals surface area contributed by atoms with Crippen LogP contribution < -0.4 is 5.32 Å². The average molecular weight is 364 g/mol. The van der Waals surface area contributed by atoms with E-state index in [9.17, 15) is 9.90 Å². The van der Waals surface area contributed by atoms with Crippen LogP contribution in [0.1, 0.15) is 63.1 Å². The Morgan fingerprint density at radius 2 is 2.12 bits per heavy atom. The van der Waals surface area contributed by atoms with Crippen molar-refractivity contribution in [1.82, 2.24) is 20.4 Å². The van der Waals surface area contributed by atoms with Crippen LogP contribution in [0.5, 0.6) is 0 Å². The molecule has 146 valence electrons. The van der Waals surface area contributed by atoms with Gasteiger partial charge < -0.3 is 19.8 Å². The molecule has 0 aromatic carbocycles. The van der Waals surface area contributed by atoms with Gasteiger partial charge in [-0.25, -0.2) is 0 Å². The molecule has 0 spiro atoms. The summed E-state index contributed by atoms with van der Waals surface area (Å²) in [6, 6.07) is 0. The van der Waals surface area contributed by atoms with Crippen LogP contribution in [0.3, 0.4) is 0 Å². The number of aromatic nitrogens is 2. The summed E-state index contributed by atoms with van der Waals surface area (Å²) >= 11 is 0. The van der Waals surface area contributed by atoms with Crippen LogP contribution in [0.15, 0.2) is 4.52 Å². The summed E-state index contributed by atoms with van der Waals surface area (Å²) in [6.07, 6.45) is 9.68. The minimum Gasteiger partial charge on any atom is -0.379 e. The Morgan fingerprint density at radius 3 is 2.85 bits per heavy atom. The van der Waals surface area contributed by atoms with Crippen LogP contribution in [0.2, 0.25) is 0 Å². The number of rotatable bonds is 8. The van der Waals surface area contributed by atoms with Crippen molar-refractivity contribution in [2.75, 3.05) is 26.2 Å². The van der Waals surface area contributed by atoms with Gasteiger partial charge in [0.1, 0.15) is 0 Å². The fraction of sp³-hybridized carbons (Fsp3) is 0.842. The highest BCUT2D eigenvalue weighted by Gasteiger charge is 2.41. The predicted molar refractivity (Wildman–Crippen MR) is 97.6 cm³/mol. The molecule has 1 aromatic rings. The van der Waals surface area contributed by atoms with Crippen LogP contribution in [-0.4, -0.2) is 57.8 Å². The molecule has 0 radical (unpaired) electrons. The van der Waals surface area contributed by atoms with Gasteiger partial charge in [0.25, 0.3) is 5.91 Å². The molecule has 7 nitrogen and oxygen atoms in total. The molecule has 7 heteroatoms. The highest BCUT2D eigenvalue weighted by atomic mass is 16.5. The molecular formula is C19H32N4O3. The van der Waals surface area contributed by atoms with Crippen LogP contribution in [-0.2, 0) is 11.2 Å². The van der Waals surface area contributed by atoms with E-state index in [0.717, 1.165) is 31.8 Å². The Labute approximate surface area is 155 Å². The lowest BCUT2D eigenvalue weighted by atomic mass is 9.86. The SMILES string of the molecule is Cc1nc(CCNC[C@@]2(O)CCCN(CCC3CCCCC3)C2=O)no1. The Balaban J connectivity index is 1.42. The lowest BCUT2D eigenvalue weighted by Crippen LogP contribution is -2.58. The van der Waals surface area contributed by atoms with E-state index in [0.29, 0.717) is 31.1 Å². The van der Waals surface area contributed by atoms with Crippen molar-refractivity contribution in [3.05, 3.63) is 11.7 Å². The van der Waals surface area contributed by atoms with Crippen LogP contribution in [0.4, 0.5) is 0 Å². The average Bonchev–Trinajstić information content (AvgIpc) is 3.06. The number of aryl methyl sites for hydroxylation is 1. The third kappa shape index (κ3) is 5.04. The second-order valence-electron chi connectivity index (χ2n) is 7.88. The van der Waals surface area contributed by atoms with Gasteiger partial charge in [0, 0.05) is 39.5 Å². The van der Waals surface area contributed by atoms with Crippen molar-refractivity contribution < 1.29 is 14.4 Å². The van der Waals surface area contributed by atoms with E-state index in [-0.39, 0.29) is 12.5 Å². The monoisotopic (exact) mass is 364 g/mol. The molecular weight excluding hydrogens is 332 g/mol. The zero-order valence-electron chi connectivity index (χ0n) is 15.9. The highest BCUT2D eigenvalue weighted by Crippen LogP contribution is 2.28. The number of hydrogen-bond acceptors (Lipinski definition) is 6. The van der Waals surface area contributed by atoms with Crippen LogP contribution in [0, 0.1) is 12.8 Å². The fourth-order valence-electron chi connectivity index (χ4n) is 4.19. The first-order valence-corrected chi connectivity index (χ1v) is 10.1. The molecule has 0 bridgehead atoms. The van der Waals surface area contributed by atoms with E-state index in [4.69, 9.17) is 4.52 Å². The number of likely N-dealkylation sites (tertiary alicyclic amines) is 1. The third-order valence-corrected chi connectivity index (χ3v) is 5.75. The molecule has 1 aliphatic heterocycles. The molecule has 1 atom stereocenters. The van der Waals surface area contributed by atoms with Crippen molar-refractivity contribution in [1.29, 1.82) is 0 Å². The first-order valence-electron chi connectivity index (χ1n) is 10.1. The van der Waals surface area contributed by atoms with E-state index >= 15 is 0 Å². The molecule has 2 aliphatic rings. The molecule has 3 rings (SSSR count). The molecule has 26 heavy (non-hydrogen) atoms. The summed E-state index contributed by atoms with van der Waals surface area (Å²) in [6.45, 7) is 4.21. The number of piperidine rings is 1. The van der Waals surface area contributed by atoms with Gasteiger partial charge in [0.05, 0.1) is 0 Å². The van der Waals surface area contributed by atoms with E-state index < -0.39 is 5.60 Å². The first kappa shape index (κ1) is 19.3. The smallest absolute Gasteiger partial charge is 0.255 e. The quantitative estimate of drug-likeness (QED) is 0.684. The Bertz CT molecular complexity index is 585. The standard InChI is InChI=1S/C19H32N4O3/c1-15-21-17(22-26-15)8-11-20-14-19(25)10-5-12-23(18(19)24)13-9-16-6-3-2-4-7-16/h16,20,25H,2-14H2,1H3/t19-/m0/s1. The number of nitrogens with one attached hydrogen (secondary N) is 1. The first-order chi connectivity index (χ1) is 12.6. The van der Waals surface area contributed by atoms with Crippen molar-refractivity contribution in [2.24, 2.45) is 5.92 Å². The Morgan fingerprint density at radius 1 is 1.31 bits per heavy atom. The number of nitrogens with zero attached hydrogens (tertiary/aromatic N) is 3. The number of aliphatic hydroxyl groups is 1. The fourth-order valence-corrected chi connectivity index (χ4v) is 4.19. The van der Waals surface area contributed by atoms with Crippen LogP contribution >= 0.6 is 0 Å². The summed E-state index contributed by atoms with van der Waals surface area (Å²) in [5, 5.41) is 17.9. The number of carbonyl (C=O) groups is 1. The molecule has 1 saturated carbocycles. The Hall–Kier alpha value is -1.47. The van der Waals surface area contributed by atoms with Crippen molar-refractivity contribution in [3.8, 4) is 0 Å². The van der Waals surface area contributed by atoms with Crippen molar-refractivity contribution in [3.63, 3.8) is 0 Å². The zero-order chi connectivity index (χ0) is 18.4. The van der Waals surface area contributed by atoms with Gasteiger partial charge in [-0.1, -0.05) is 37.3 Å². The van der Waals surface area contributed by atoms with Crippen LogP contribution in [0.25, 0.3) is 0 Å². The molecule has 1 aliphatic carbocycles. The second-order valence-corrected chi connectivity index (χ2v) is 7.88. The third-order valence-electron chi connectivity index (χ3n) is 5.75. The van der Waals surface area contributed by atoms with Gasteiger partial charge >= 0.3 is 0 Å². The number of hydrogen-bond donors (Lipinski definition) is 2.